The minimum Gasteiger partial charge on any atom is -0.364 e. The van der Waals surface area contributed by atoms with Gasteiger partial charge in [0.2, 0.25) is 10.0 Å². The Morgan fingerprint density at radius 1 is 1.48 bits per heavy atom. The van der Waals surface area contributed by atoms with Crippen LogP contribution in [0.25, 0.3) is 0 Å². The van der Waals surface area contributed by atoms with Gasteiger partial charge in [0.1, 0.15) is 10.6 Å². The van der Waals surface area contributed by atoms with Crippen LogP contribution in [0.4, 0.5) is 0 Å². The number of hydrogen-bond donors (Lipinski definition) is 1. The third-order valence-electron chi connectivity index (χ3n) is 3.07. The normalized spacial score (nSPS) is 11.8. The fourth-order valence-electron chi connectivity index (χ4n) is 1.93. The lowest BCUT2D eigenvalue weighted by Gasteiger charge is -2.15. The van der Waals surface area contributed by atoms with E-state index in [-0.39, 0.29) is 17.1 Å². The molecule has 0 aliphatic heterocycles. The number of aromatic nitrogens is 2. The zero-order valence-electron chi connectivity index (χ0n) is 11.7. The first kappa shape index (κ1) is 15.2. The minimum atomic E-state index is -3.70. The summed E-state index contributed by atoms with van der Waals surface area (Å²) >= 11 is 0. The number of hydrogen-bond acceptors (Lipinski definition) is 4. The lowest BCUT2D eigenvalue weighted by molar-refractivity contribution is 0.0992. The summed E-state index contributed by atoms with van der Waals surface area (Å²) in [7, 11) is -0.654. The number of pyridine rings is 1. The summed E-state index contributed by atoms with van der Waals surface area (Å²) in [6.45, 7) is 0.191. The second-order valence-electron chi connectivity index (χ2n) is 4.66. The predicted octanol–water partition coefficient (Wildman–Crippen LogP) is 0.340. The predicted molar refractivity (Wildman–Crippen MR) is 76.8 cm³/mol. The molecule has 0 unspecified atom stereocenters. The average molecular weight is 308 g/mol. The van der Waals surface area contributed by atoms with Crippen LogP contribution in [-0.4, -0.2) is 35.2 Å². The van der Waals surface area contributed by atoms with E-state index in [0.29, 0.717) is 0 Å². The molecule has 0 radical (unpaired) electrons. The van der Waals surface area contributed by atoms with E-state index in [9.17, 15) is 13.2 Å². The number of amides is 1. The Balaban J connectivity index is 2.29. The number of primary amides is 1. The lowest BCUT2D eigenvalue weighted by Crippen LogP contribution is -2.26. The lowest BCUT2D eigenvalue weighted by atomic mass is 10.3. The summed E-state index contributed by atoms with van der Waals surface area (Å²) in [5.74, 6) is -0.672. The molecule has 2 N–H and O–H groups in total. The first-order valence-corrected chi connectivity index (χ1v) is 7.58. The molecule has 21 heavy (non-hydrogen) atoms. The first-order chi connectivity index (χ1) is 9.82. The molecule has 0 spiro atoms. The van der Waals surface area contributed by atoms with Crippen molar-refractivity contribution >= 4 is 15.9 Å². The number of carbonyl (C=O) groups is 1. The Labute approximate surface area is 123 Å². The molecule has 0 aliphatic rings. The van der Waals surface area contributed by atoms with Crippen molar-refractivity contribution in [3.63, 3.8) is 0 Å². The van der Waals surface area contributed by atoms with Gasteiger partial charge in [0.25, 0.3) is 5.91 Å². The summed E-state index contributed by atoms with van der Waals surface area (Å²) in [6.07, 6.45) is 4.59. The molecule has 0 fully saturated rings. The van der Waals surface area contributed by atoms with E-state index in [1.54, 1.807) is 31.6 Å². The second-order valence-corrected chi connectivity index (χ2v) is 6.70. The van der Waals surface area contributed by atoms with Gasteiger partial charge in [0.05, 0.1) is 0 Å². The number of carbonyl (C=O) groups excluding carboxylic acids is 1. The smallest absolute Gasteiger partial charge is 0.265 e. The molecule has 2 aromatic rings. The molecule has 2 heterocycles. The van der Waals surface area contributed by atoms with Gasteiger partial charge in [0.15, 0.2) is 0 Å². The van der Waals surface area contributed by atoms with Crippen molar-refractivity contribution in [2.24, 2.45) is 12.8 Å². The Hall–Kier alpha value is -2.19. The summed E-state index contributed by atoms with van der Waals surface area (Å²) in [5.41, 5.74) is 6.11. The van der Waals surface area contributed by atoms with Crippen molar-refractivity contribution in [2.45, 2.75) is 11.4 Å². The van der Waals surface area contributed by atoms with Gasteiger partial charge in [-0.25, -0.2) is 8.42 Å². The molecule has 0 aliphatic carbocycles. The zero-order valence-corrected chi connectivity index (χ0v) is 12.5. The third kappa shape index (κ3) is 3.11. The Bertz CT molecular complexity index is 753. The van der Waals surface area contributed by atoms with Gasteiger partial charge in [-0.3, -0.25) is 9.78 Å². The standard InChI is InChI=1S/C13H16N4O3S/c1-16-9-11(6-12(16)13(14)18)21(19,20)17(2)8-10-4-3-5-15-7-10/h3-7,9H,8H2,1-2H3,(H2,14,18). The molecule has 2 aromatic heterocycles. The van der Waals surface area contributed by atoms with Crippen molar-refractivity contribution in [1.82, 2.24) is 13.9 Å². The zero-order chi connectivity index (χ0) is 15.6. The van der Waals surface area contributed by atoms with Crippen LogP contribution in [0.1, 0.15) is 16.1 Å². The summed E-state index contributed by atoms with van der Waals surface area (Å²) in [6, 6.07) is 4.81. The molecule has 2 rings (SSSR count). The van der Waals surface area contributed by atoms with E-state index in [2.05, 4.69) is 4.98 Å². The van der Waals surface area contributed by atoms with E-state index in [1.807, 2.05) is 0 Å². The fraction of sp³-hybridized carbons (Fsp3) is 0.231. The van der Waals surface area contributed by atoms with Crippen LogP contribution in [-0.2, 0) is 23.6 Å². The Morgan fingerprint density at radius 2 is 2.19 bits per heavy atom. The van der Waals surface area contributed by atoms with Gasteiger partial charge >= 0.3 is 0 Å². The molecular formula is C13H16N4O3S. The number of aryl methyl sites for hydroxylation is 1. The van der Waals surface area contributed by atoms with Crippen LogP contribution < -0.4 is 5.73 Å². The molecule has 0 bridgehead atoms. The van der Waals surface area contributed by atoms with Crippen molar-refractivity contribution in [3.05, 3.63) is 48.0 Å². The Morgan fingerprint density at radius 3 is 2.71 bits per heavy atom. The van der Waals surface area contributed by atoms with E-state index >= 15 is 0 Å². The van der Waals surface area contributed by atoms with Gasteiger partial charge < -0.3 is 10.3 Å². The molecule has 0 saturated heterocycles. The van der Waals surface area contributed by atoms with Gasteiger partial charge in [-0.15, -0.1) is 0 Å². The number of nitrogens with zero attached hydrogens (tertiary/aromatic N) is 3. The highest BCUT2D eigenvalue weighted by Gasteiger charge is 2.24. The Kier molecular flexibility index (Phi) is 4.10. The highest BCUT2D eigenvalue weighted by atomic mass is 32.2. The fourth-order valence-corrected chi connectivity index (χ4v) is 3.16. The van der Waals surface area contributed by atoms with Crippen LogP contribution in [0, 0.1) is 0 Å². The molecule has 7 nitrogen and oxygen atoms in total. The largest absolute Gasteiger partial charge is 0.364 e. The average Bonchev–Trinajstić information content (AvgIpc) is 2.82. The van der Waals surface area contributed by atoms with Gasteiger partial charge in [-0.05, 0) is 17.7 Å². The maximum atomic E-state index is 12.5. The third-order valence-corrected chi connectivity index (χ3v) is 4.84. The topological polar surface area (TPSA) is 98.3 Å². The monoisotopic (exact) mass is 308 g/mol. The summed E-state index contributed by atoms with van der Waals surface area (Å²) in [4.78, 5) is 15.2. The van der Waals surface area contributed by atoms with Crippen LogP contribution in [0.3, 0.4) is 0 Å². The highest BCUT2D eigenvalue weighted by Crippen LogP contribution is 2.18. The van der Waals surface area contributed by atoms with E-state index in [1.165, 1.54) is 28.2 Å². The number of nitrogens with two attached hydrogens (primary N) is 1. The van der Waals surface area contributed by atoms with E-state index in [4.69, 9.17) is 5.73 Å². The minimum absolute atomic E-state index is 0.0326. The van der Waals surface area contributed by atoms with Crippen LogP contribution >= 0.6 is 0 Å². The van der Waals surface area contributed by atoms with Crippen LogP contribution in [0.5, 0.6) is 0 Å². The molecular weight excluding hydrogens is 292 g/mol. The van der Waals surface area contributed by atoms with Gasteiger partial charge in [0, 0.05) is 39.2 Å². The van der Waals surface area contributed by atoms with Crippen molar-refractivity contribution < 1.29 is 13.2 Å². The second kappa shape index (κ2) is 5.66. The molecule has 0 aromatic carbocycles. The number of sulfonamides is 1. The maximum absolute atomic E-state index is 12.5. The number of rotatable bonds is 5. The maximum Gasteiger partial charge on any atom is 0.265 e. The van der Waals surface area contributed by atoms with Gasteiger partial charge in [-0.2, -0.15) is 4.31 Å². The molecule has 1 amide bonds. The van der Waals surface area contributed by atoms with E-state index in [0.717, 1.165) is 5.56 Å². The molecule has 0 atom stereocenters. The SMILES string of the molecule is CN(Cc1cccnc1)S(=O)(=O)c1cc(C(N)=O)n(C)c1. The molecule has 112 valence electrons. The summed E-state index contributed by atoms with van der Waals surface area (Å²) < 4.78 is 27.5. The summed E-state index contributed by atoms with van der Waals surface area (Å²) in [5, 5.41) is 0. The quantitative estimate of drug-likeness (QED) is 0.861. The first-order valence-electron chi connectivity index (χ1n) is 6.14. The molecule has 0 saturated carbocycles. The van der Waals surface area contributed by atoms with Crippen molar-refractivity contribution in [2.75, 3.05) is 7.05 Å². The van der Waals surface area contributed by atoms with Crippen LogP contribution in [0.15, 0.2) is 41.7 Å². The highest BCUT2D eigenvalue weighted by molar-refractivity contribution is 7.89. The molecule has 8 heteroatoms. The van der Waals surface area contributed by atoms with E-state index < -0.39 is 15.9 Å². The van der Waals surface area contributed by atoms with Crippen LogP contribution in [0.2, 0.25) is 0 Å². The van der Waals surface area contributed by atoms with Crippen molar-refractivity contribution in [1.29, 1.82) is 0 Å². The van der Waals surface area contributed by atoms with Gasteiger partial charge in [-0.1, -0.05) is 6.07 Å². The van der Waals surface area contributed by atoms with Crippen molar-refractivity contribution in [3.8, 4) is 0 Å².